The van der Waals surface area contributed by atoms with Crippen molar-refractivity contribution in [2.45, 2.75) is 50.2 Å². The van der Waals surface area contributed by atoms with Gasteiger partial charge in [-0.1, -0.05) is 61.5 Å². The van der Waals surface area contributed by atoms with Crippen LogP contribution >= 0.6 is 0 Å². The Hall–Kier alpha value is -4.05. The van der Waals surface area contributed by atoms with Gasteiger partial charge in [0.05, 0.1) is 5.56 Å². The van der Waals surface area contributed by atoms with E-state index in [-0.39, 0.29) is 29.5 Å². The van der Waals surface area contributed by atoms with Crippen LogP contribution in [0.4, 0.5) is 4.39 Å². The van der Waals surface area contributed by atoms with Gasteiger partial charge in [-0.2, -0.15) is 0 Å². The summed E-state index contributed by atoms with van der Waals surface area (Å²) >= 11 is 0. The van der Waals surface area contributed by atoms with E-state index in [4.69, 9.17) is 0 Å². The van der Waals surface area contributed by atoms with Crippen LogP contribution in [-0.2, 0) is 32.6 Å². The molecule has 8 nitrogen and oxygen atoms in total. The lowest BCUT2D eigenvalue weighted by Gasteiger charge is -2.33. The van der Waals surface area contributed by atoms with E-state index in [1.807, 2.05) is 44.2 Å². The van der Waals surface area contributed by atoms with Crippen LogP contribution in [-0.4, -0.2) is 54.0 Å². The fourth-order valence-corrected chi connectivity index (χ4v) is 5.90. The molecule has 1 N–H and O–H groups in total. The quantitative estimate of drug-likeness (QED) is 0.415. The molecule has 0 radical (unpaired) electrons. The zero-order chi connectivity index (χ0) is 28.2. The molecule has 0 fully saturated rings. The third kappa shape index (κ3) is 6.17. The Balaban J connectivity index is 1.71. The number of carbonyl (C=O) groups excluding carboxylic acids is 3. The molecule has 0 spiro atoms. The fraction of sp³-hybridized carbons (Fsp3) is 0.276. The number of benzene rings is 3. The zero-order valence-electron chi connectivity index (χ0n) is 21.7. The van der Waals surface area contributed by atoms with Crippen molar-refractivity contribution >= 4 is 27.7 Å². The Kier molecular flexibility index (Phi) is 8.44. The minimum atomic E-state index is -4.24. The highest BCUT2D eigenvalue weighted by Gasteiger charge is 2.43. The first-order valence-corrected chi connectivity index (χ1v) is 14.1. The standard InChI is InChI=1S/C29H30FN3O5S/c1-3-20(2)31-28(35)25(17-21-9-5-4-6-10-21)32(18-22-13-15-23(30)16-14-22)27(34)19-33-29(36)24-11-7-8-12-26(24)39(33,37)38/h4-16,20,25H,3,17-19H2,1-2H3,(H,31,35)/t20-,25-/m0/s1. The molecule has 2 atom stereocenters. The number of sulfonamides is 1. The first kappa shape index (κ1) is 28.0. The summed E-state index contributed by atoms with van der Waals surface area (Å²) in [6.45, 7) is 2.88. The summed E-state index contributed by atoms with van der Waals surface area (Å²) in [5, 5.41) is 2.92. The number of fused-ring (bicyclic) bond motifs is 1. The maximum atomic E-state index is 13.9. The van der Waals surface area contributed by atoms with Crippen LogP contribution in [0.15, 0.2) is 83.8 Å². The Morgan fingerprint density at radius 3 is 2.23 bits per heavy atom. The highest BCUT2D eigenvalue weighted by atomic mass is 32.2. The smallest absolute Gasteiger partial charge is 0.269 e. The summed E-state index contributed by atoms with van der Waals surface area (Å²) in [5.74, 6) is -2.41. The van der Waals surface area contributed by atoms with Gasteiger partial charge in [0.2, 0.25) is 11.8 Å². The minimum Gasteiger partial charge on any atom is -0.352 e. The Bertz CT molecular complexity index is 1460. The normalized spacial score (nSPS) is 15.4. The van der Waals surface area contributed by atoms with Gasteiger partial charge in [-0.05, 0) is 48.7 Å². The molecule has 0 aliphatic carbocycles. The number of halogens is 1. The lowest BCUT2D eigenvalue weighted by molar-refractivity contribution is -0.141. The second-order valence-electron chi connectivity index (χ2n) is 9.48. The van der Waals surface area contributed by atoms with E-state index >= 15 is 0 Å². The molecule has 0 saturated heterocycles. The van der Waals surface area contributed by atoms with Gasteiger partial charge in [-0.25, -0.2) is 17.1 Å². The third-order valence-electron chi connectivity index (χ3n) is 6.73. The van der Waals surface area contributed by atoms with Gasteiger partial charge in [0.1, 0.15) is 23.3 Å². The van der Waals surface area contributed by atoms with Gasteiger partial charge in [-0.15, -0.1) is 0 Å². The molecule has 0 unspecified atom stereocenters. The lowest BCUT2D eigenvalue weighted by atomic mass is 10.0. The van der Waals surface area contributed by atoms with Crippen molar-refractivity contribution in [1.82, 2.24) is 14.5 Å². The van der Waals surface area contributed by atoms with Gasteiger partial charge in [0, 0.05) is 19.0 Å². The summed E-state index contributed by atoms with van der Waals surface area (Å²) in [4.78, 5) is 41.5. The SMILES string of the molecule is CC[C@H](C)NC(=O)[C@H](Cc1ccccc1)N(Cc1ccc(F)cc1)C(=O)CN1C(=O)c2ccccc2S1(=O)=O. The molecule has 4 rings (SSSR count). The topological polar surface area (TPSA) is 104 Å². The van der Waals surface area contributed by atoms with Crippen LogP contribution in [0.2, 0.25) is 0 Å². The van der Waals surface area contributed by atoms with Crippen molar-refractivity contribution < 1.29 is 27.2 Å². The van der Waals surface area contributed by atoms with E-state index in [1.165, 1.54) is 47.4 Å². The maximum Gasteiger partial charge on any atom is 0.269 e. The predicted molar refractivity (Wildman–Crippen MR) is 143 cm³/mol. The van der Waals surface area contributed by atoms with Crippen LogP contribution < -0.4 is 5.32 Å². The second-order valence-corrected chi connectivity index (χ2v) is 11.3. The molecule has 1 heterocycles. The van der Waals surface area contributed by atoms with Gasteiger partial charge in [0.15, 0.2) is 0 Å². The number of rotatable bonds is 10. The monoisotopic (exact) mass is 551 g/mol. The maximum absolute atomic E-state index is 13.9. The molecule has 10 heteroatoms. The molecular weight excluding hydrogens is 521 g/mol. The van der Waals surface area contributed by atoms with Crippen molar-refractivity contribution in [2.24, 2.45) is 0 Å². The van der Waals surface area contributed by atoms with E-state index in [0.717, 1.165) is 5.56 Å². The molecule has 0 bridgehead atoms. The van der Waals surface area contributed by atoms with Crippen molar-refractivity contribution in [1.29, 1.82) is 0 Å². The molecule has 3 aromatic carbocycles. The Labute approximate surface area is 227 Å². The number of hydrogen-bond donors (Lipinski definition) is 1. The summed E-state index contributed by atoms with van der Waals surface area (Å²) in [6.07, 6.45) is 0.811. The third-order valence-corrected chi connectivity index (χ3v) is 8.52. The van der Waals surface area contributed by atoms with Crippen molar-refractivity contribution in [3.8, 4) is 0 Å². The van der Waals surface area contributed by atoms with Crippen LogP contribution in [0.5, 0.6) is 0 Å². The Morgan fingerprint density at radius 2 is 1.59 bits per heavy atom. The molecule has 0 saturated carbocycles. The average Bonchev–Trinajstić information content (AvgIpc) is 3.12. The first-order chi connectivity index (χ1) is 18.6. The van der Waals surface area contributed by atoms with Crippen LogP contribution in [0, 0.1) is 5.82 Å². The van der Waals surface area contributed by atoms with E-state index in [9.17, 15) is 27.2 Å². The number of hydrogen-bond acceptors (Lipinski definition) is 5. The molecule has 204 valence electrons. The number of amides is 3. The lowest BCUT2D eigenvalue weighted by Crippen LogP contribution is -2.54. The average molecular weight is 552 g/mol. The number of nitrogens with zero attached hydrogens (tertiary/aromatic N) is 2. The summed E-state index contributed by atoms with van der Waals surface area (Å²) in [6, 6.07) is 19.2. The van der Waals surface area contributed by atoms with Crippen molar-refractivity contribution in [3.05, 3.63) is 101 Å². The molecule has 3 amide bonds. The molecule has 39 heavy (non-hydrogen) atoms. The minimum absolute atomic E-state index is 0.00858. The second kappa shape index (κ2) is 11.8. The van der Waals surface area contributed by atoms with Crippen molar-refractivity contribution in [3.63, 3.8) is 0 Å². The summed E-state index contributed by atoms with van der Waals surface area (Å²) in [5.41, 5.74) is 1.32. The van der Waals surface area contributed by atoms with Gasteiger partial charge in [0.25, 0.3) is 15.9 Å². The molecular formula is C29H30FN3O5S. The van der Waals surface area contributed by atoms with Gasteiger partial charge >= 0.3 is 0 Å². The van der Waals surface area contributed by atoms with E-state index in [0.29, 0.717) is 16.3 Å². The Morgan fingerprint density at radius 1 is 0.949 bits per heavy atom. The summed E-state index contributed by atoms with van der Waals surface area (Å²) < 4.78 is 40.4. The zero-order valence-corrected chi connectivity index (χ0v) is 22.5. The highest BCUT2D eigenvalue weighted by molar-refractivity contribution is 7.90. The highest BCUT2D eigenvalue weighted by Crippen LogP contribution is 2.30. The molecule has 1 aliphatic rings. The molecule has 1 aliphatic heterocycles. The number of nitrogens with one attached hydrogen (secondary N) is 1. The van der Waals surface area contributed by atoms with Crippen LogP contribution in [0.1, 0.15) is 41.8 Å². The van der Waals surface area contributed by atoms with E-state index < -0.39 is 46.1 Å². The van der Waals surface area contributed by atoms with Gasteiger partial charge < -0.3 is 10.2 Å². The molecule has 0 aromatic heterocycles. The van der Waals surface area contributed by atoms with Crippen molar-refractivity contribution in [2.75, 3.05) is 6.54 Å². The van der Waals surface area contributed by atoms with E-state index in [1.54, 1.807) is 6.07 Å². The van der Waals surface area contributed by atoms with Crippen LogP contribution in [0.25, 0.3) is 0 Å². The first-order valence-electron chi connectivity index (χ1n) is 12.7. The summed E-state index contributed by atoms with van der Waals surface area (Å²) in [7, 11) is -4.24. The van der Waals surface area contributed by atoms with Crippen LogP contribution in [0.3, 0.4) is 0 Å². The largest absolute Gasteiger partial charge is 0.352 e. The fourth-order valence-electron chi connectivity index (χ4n) is 4.38. The number of carbonyl (C=O) groups is 3. The van der Waals surface area contributed by atoms with Gasteiger partial charge in [-0.3, -0.25) is 14.4 Å². The molecule has 3 aromatic rings. The predicted octanol–water partition coefficient (Wildman–Crippen LogP) is 3.53. The van der Waals surface area contributed by atoms with E-state index in [2.05, 4.69) is 5.32 Å².